The summed E-state index contributed by atoms with van der Waals surface area (Å²) in [4.78, 5) is 1.47. The molecule has 1 nitrogen and oxygen atoms in total. The summed E-state index contributed by atoms with van der Waals surface area (Å²) in [5, 5.41) is 5.20. The Morgan fingerprint density at radius 2 is 1.89 bits per heavy atom. The van der Waals surface area contributed by atoms with Crippen LogP contribution in [-0.2, 0) is 0 Å². The highest BCUT2D eigenvalue weighted by atomic mass is 32.1. The third-order valence-electron chi connectivity index (χ3n) is 4.65. The van der Waals surface area contributed by atoms with Crippen molar-refractivity contribution < 1.29 is 0 Å². The minimum absolute atomic E-state index is 0.544. The summed E-state index contributed by atoms with van der Waals surface area (Å²) in [7, 11) is 0. The van der Waals surface area contributed by atoms with Crippen molar-refractivity contribution in [2.75, 3.05) is 5.32 Å². The second-order valence-corrected chi connectivity index (χ2v) is 7.57. The standard InChI is InChI=1S/C17H23NS/c1-8(2)14-11(5)18-13-7-9(3)15-10(4)12(6)19-17(15)16(13)14/h7-8,11,14,18H,1-6H3. The fourth-order valence-corrected chi connectivity index (χ4v) is 5.06. The molecule has 2 atom stereocenters. The van der Waals surface area contributed by atoms with Crippen molar-refractivity contribution in [3.05, 3.63) is 27.6 Å². The molecule has 0 radical (unpaired) electrons. The van der Waals surface area contributed by atoms with Gasteiger partial charge in [-0.3, -0.25) is 0 Å². The van der Waals surface area contributed by atoms with E-state index < -0.39 is 0 Å². The quantitative estimate of drug-likeness (QED) is 0.735. The predicted octanol–water partition coefficient (Wildman–Crippen LogP) is 5.38. The van der Waals surface area contributed by atoms with E-state index in [1.165, 1.54) is 31.8 Å². The lowest BCUT2D eigenvalue weighted by Gasteiger charge is -2.20. The molecule has 1 aliphatic rings. The van der Waals surface area contributed by atoms with Gasteiger partial charge in [0, 0.05) is 27.2 Å². The van der Waals surface area contributed by atoms with Gasteiger partial charge in [0.05, 0.1) is 0 Å². The van der Waals surface area contributed by atoms with Crippen LogP contribution in [0.2, 0.25) is 0 Å². The van der Waals surface area contributed by atoms with E-state index in [2.05, 4.69) is 52.9 Å². The van der Waals surface area contributed by atoms with Crippen LogP contribution in [0.4, 0.5) is 5.69 Å². The smallest absolute Gasteiger partial charge is 0.0407 e. The van der Waals surface area contributed by atoms with Gasteiger partial charge < -0.3 is 5.32 Å². The summed E-state index contributed by atoms with van der Waals surface area (Å²) in [6, 6.07) is 2.90. The molecule has 0 saturated carbocycles. The number of anilines is 1. The van der Waals surface area contributed by atoms with Crippen LogP contribution in [0.3, 0.4) is 0 Å². The van der Waals surface area contributed by atoms with Crippen LogP contribution in [0.15, 0.2) is 6.07 Å². The first-order valence-corrected chi connectivity index (χ1v) is 8.03. The SMILES string of the molecule is Cc1sc2c3c(cc(C)c2c1C)NC(C)C3C(C)C. The Balaban J connectivity index is 2.37. The predicted molar refractivity (Wildman–Crippen MR) is 86.7 cm³/mol. The number of rotatable bonds is 1. The van der Waals surface area contributed by atoms with Crippen molar-refractivity contribution in [3.8, 4) is 0 Å². The van der Waals surface area contributed by atoms with Crippen molar-refractivity contribution >= 4 is 27.1 Å². The van der Waals surface area contributed by atoms with E-state index in [0.717, 1.165) is 0 Å². The van der Waals surface area contributed by atoms with Crippen LogP contribution >= 0.6 is 11.3 Å². The van der Waals surface area contributed by atoms with Gasteiger partial charge in [-0.1, -0.05) is 13.8 Å². The molecule has 0 spiro atoms. The average Bonchev–Trinajstić information content (AvgIpc) is 2.77. The Labute approximate surface area is 120 Å². The lowest BCUT2D eigenvalue weighted by molar-refractivity contribution is 0.475. The second kappa shape index (κ2) is 4.24. The highest BCUT2D eigenvalue weighted by Crippen LogP contribution is 2.48. The lowest BCUT2D eigenvalue weighted by atomic mass is 9.84. The largest absolute Gasteiger partial charge is 0.382 e. The van der Waals surface area contributed by atoms with E-state index >= 15 is 0 Å². The molecule has 102 valence electrons. The molecule has 0 fully saturated rings. The van der Waals surface area contributed by atoms with Gasteiger partial charge in [-0.05, 0) is 61.8 Å². The van der Waals surface area contributed by atoms with Crippen LogP contribution in [0.1, 0.15) is 48.3 Å². The molecule has 0 aliphatic carbocycles. The van der Waals surface area contributed by atoms with Crippen molar-refractivity contribution in [3.63, 3.8) is 0 Å². The van der Waals surface area contributed by atoms with Gasteiger partial charge in [0.1, 0.15) is 0 Å². The van der Waals surface area contributed by atoms with Gasteiger partial charge in [0.2, 0.25) is 0 Å². The van der Waals surface area contributed by atoms with E-state index in [-0.39, 0.29) is 0 Å². The summed E-state index contributed by atoms with van der Waals surface area (Å²) < 4.78 is 1.53. The third kappa shape index (κ3) is 1.73. The van der Waals surface area contributed by atoms with Crippen LogP contribution in [0.5, 0.6) is 0 Å². The Morgan fingerprint density at radius 1 is 1.21 bits per heavy atom. The molecule has 19 heavy (non-hydrogen) atoms. The molecule has 1 aromatic carbocycles. The number of fused-ring (bicyclic) bond motifs is 3. The summed E-state index contributed by atoms with van der Waals surface area (Å²) in [6.07, 6.45) is 0. The minimum Gasteiger partial charge on any atom is -0.382 e. The van der Waals surface area contributed by atoms with Gasteiger partial charge in [-0.2, -0.15) is 0 Å². The first kappa shape index (κ1) is 13.0. The Hall–Kier alpha value is -1.02. The van der Waals surface area contributed by atoms with E-state index in [0.29, 0.717) is 17.9 Å². The van der Waals surface area contributed by atoms with E-state index in [1.807, 2.05) is 11.3 Å². The zero-order valence-corrected chi connectivity index (χ0v) is 13.5. The molecule has 0 saturated heterocycles. The van der Waals surface area contributed by atoms with Crippen LogP contribution < -0.4 is 5.32 Å². The number of aryl methyl sites for hydroxylation is 3. The monoisotopic (exact) mass is 273 g/mol. The number of hydrogen-bond acceptors (Lipinski definition) is 2. The van der Waals surface area contributed by atoms with Crippen molar-refractivity contribution in [2.24, 2.45) is 5.92 Å². The maximum absolute atomic E-state index is 3.70. The fraction of sp³-hybridized carbons (Fsp3) is 0.529. The normalized spacial score (nSPS) is 22.1. The van der Waals surface area contributed by atoms with Crippen LogP contribution in [-0.4, -0.2) is 6.04 Å². The maximum Gasteiger partial charge on any atom is 0.0407 e. The Bertz CT molecular complexity index is 651. The zero-order valence-electron chi connectivity index (χ0n) is 12.7. The van der Waals surface area contributed by atoms with Gasteiger partial charge in [-0.25, -0.2) is 0 Å². The second-order valence-electron chi connectivity index (χ2n) is 6.34. The fourth-order valence-electron chi connectivity index (χ4n) is 3.73. The molecule has 2 heterocycles. The van der Waals surface area contributed by atoms with Crippen molar-refractivity contribution in [2.45, 2.75) is 53.5 Å². The highest BCUT2D eigenvalue weighted by molar-refractivity contribution is 7.19. The molecular formula is C17H23NS. The molecule has 1 aromatic heterocycles. The Kier molecular flexibility index (Phi) is 2.90. The molecule has 1 aliphatic heterocycles. The van der Waals surface area contributed by atoms with Crippen LogP contribution in [0.25, 0.3) is 10.1 Å². The number of nitrogens with one attached hydrogen (secondary N) is 1. The first-order chi connectivity index (χ1) is 8.91. The molecule has 2 heteroatoms. The number of benzene rings is 1. The van der Waals surface area contributed by atoms with Crippen molar-refractivity contribution in [1.82, 2.24) is 0 Å². The summed E-state index contributed by atoms with van der Waals surface area (Å²) in [5.41, 5.74) is 5.84. The van der Waals surface area contributed by atoms with Gasteiger partial charge in [-0.15, -0.1) is 11.3 Å². The van der Waals surface area contributed by atoms with Gasteiger partial charge in [0.15, 0.2) is 0 Å². The zero-order chi connectivity index (χ0) is 13.9. The van der Waals surface area contributed by atoms with E-state index in [1.54, 1.807) is 5.56 Å². The van der Waals surface area contributed by atoms with Crippen LogP contribution in [0, 0.1) is 26.7 Å². The van der Waals surface area contributed by atoms with Gasteiger partial charge in [0.25, 0.3) is 0 Å². The topological polar surface area (TPSA) is 12.0 Å². The van der Waals surface area contributed by atoms with Gasteiger partial charge >= 0.3 is 0 Å². The lowest BCUT2D eigenvalue weighted by Crippen LogP contribution is -2.20. The number of hydrogen-bond donors (Lipinski definition) is 1. The maximum atomic E-state index is 3.70. The minimum atomic E-state index is 0.544. The molecule has 2 aromatic rings. The molecule has 0 amide bonds. The molecule has 0 bridgehead atoms. The summed E-state index contributed by atoms with van der Waals surface area (Å²) in [6.45, 7) is 13.8. The Morgan fingerprint density at radius 3 is 2.53 bits per heavy atom. The molecule has 3 rings (SSSR count). The average molecular weight is 273 g/mol. The van der Waals surface area contributed by atoms with E-state index in [9.17, 15) is 0 Å². The highest BCUT2D eigenvalue weighted by Gasteiger charge is 2.34. The number of thiophene rings is 1. The van der Waals surface area contributed by atoms with Crippen molar-refractivity contribution in [1.29, 1.82) is 0 Å². The first-order valence-electron chi connectivity index (χ1n) is 7.21. The molecular weight excluding hydrogens is 250 g/mol. The third-order valence-corrected chi connectivity index (χ3v) is 5.89. The molecule has 2 unspecified atom stereocenters. The summed E-state index contributed by atoms with van der Waals surface area (Å²) in [5.74, 6) is 1.31. The van der Waals surface area contributed by atoms with E-state index in [4.69, 9.17) is 0 Å². The summed E-state index contributed by atoms with van der Waals surface area (Å²) >= 11 is 1.98. The molecule has 1 N–H and O–H groups in total.